The van der Waals surface area contributed by atoms with E-state index in [0.717, 1.165) is 6.29 Å². The Bertz CT molecular complexity index is 314. The lowest BCUT2D eigenvalue weighted by Gasteiger charge is -1.82. The molecule has 2 aromatic carbocycles. The van der Waals surface area contributed by atoms with Crippen molar-refractivity contribution in [2.45, 2.75) is 13.8 Å². The Morgan fingerprint density at radius 1 is 0.750 bits per heavy atom. The topological polar surface area (TPSA) is 17.1 Å². The molecule has 0 radical (unpaired) electrons. The first-order valence-corrected chi connectivity index (χ1v) is 5.22. The number of carbonyl (C=O) groups is 1. The van der Waals surface area contributed by atoms with Crippen molar-refractivity contribution in [2.24, 2.45) is 0 Å². The normalized spacial score (nSPS) is 7.62. The predicted molar refractivity (Wildman–Crippen MR) is 69.4 cm³/mol. The van der Waals surface area contributed by atoms with Crippen LogP contribution in [0.4, 0.5) is 0 Å². The van der Waals surface area contributed by atoms with Gasteiger partial charge in [-0.05, 0) is 13.8 Å². The summed E-state index contributed by atoms with van der Waals surface area (Å²) in [5.41, 5.74) is 1.32. The molecule has 1 heteroatoms. The van der Waals surface area contributed by atoms with Gasteiger partial charge in [0.15, 0.2) is 0 Å². The van der Waals surface area contributed by atoms with E-state index in [-0.39, 0.29) is 0 Å². The van der Waals surface area contributed by atoms with Crippen LogP contribution in [-0.2, 0) is 4.79 Å². The third-order valence-electron chi connectivity index (χ3n) is 1.61. The molecule has 2 aromatic rings. The van der Waals surface area contributed by atoms with Gasteiger partial charge in [-0.25, -0.2) is 0 Å². The number of hydrogen-bond donors (Lipinski definition) is 0. The van der Waals surface area contributed by atoms with E-state index in [2.05, 4.69) is 19.1 Å². The number of aryl methyl sites for hydroxylation is 1. The van der Waals surface area contributed by atoms with Gasteiger partial charge in [-0.3, -0.25) is 0 Å². The molecule has 0 aromatic heterocycles. The largest absolute Gasteiger partial charge is 0.304 e. The first kappa shape index (κ1) is 14.1. The summed E-state index contributed by atoms with van der Waals surface area (Å²) in [6, 6.07) is 22.3. The molecule has 1 nitrogen and oxygen atoms in total. The van der Waals surface area contributed by atoms with E-state index in [1.54, 1.807) is 0 Å². The number of benzene rings is 2. The van der Waals surface area contributed by atoms with Gasteiger partial charge < -0.3 is 4.79 Å². The van der Waals surface area contributed by atoms with Gasteiger partial charge in [0.2, 0.25) is 0 Å². The minimum Gasteiger partial charge on any atom is -0.304 e. The molecule has 0 fully saturated rings. The molecule has 0 atom stereocenters. The Balaban J connectivity index is 0.000000230. The van der Waals surface area contributed by atoms with Crippen LogP contribution in [0.2, 0.25) is 0 Å². The third kappa shape index (κ3) is 10.2. The number of aldehydes is 1. The third-order valence-corrected chi connectivity index (χ3v) is 1.61. The van der Waals surface area contributed by atoms with Gasteiger partial charge >= 0.3 is 0 Å². The van der Waals surface area contributed by atoms with Crippen LogP contribution >= 0.6 is 0 Å². The van der Waals surface area contributed by atoms with Crippen LogP contribution < -0.4 is 0 Å². The molecule has 84 valence electrons. The van der Waals surface area contributed by atoms with Gasteiger partial charge in [0, 0.05) is 0 Å². The average molecular weight is 214 g/mol. The van der Waals surface area contributed by atoms with Gasteiger partial charge in [-0.1, -0.05) is 72.3 Å². The summed E-state index contributed by atoms with van der Waals surface area (Å²) in [5.74, 6) is 0. The summed E-state index contributed by atoms with van der Waals surface area (Å²) >= 11 is 0. The smallest absolute Gasteiger partial charge is 0.116 e. The first-order chi connectivity index (χ1) is 7.81. The molecule has 0 spiro atoms. The van der Waals surface area contributed by atoms with E-state index >= 15 is 0 Å². The zero-order valence-corrected chi connectivity index (χ0v) is 9.84. The molecule has 0 N–H and O–H groups in total. The van der Waals surface area contributed by atoms with E-state index < -0.39 is 0 Å². The molecule has 2 rings (SSSR count). The first-order valence-electron chi connectivity index (χ1n) is 5.22. The lowest BCUT2D eigenvalue weighted by molar-refractivity contribution is -0.106. The lowest BCUT2D eigenvalue weighted by atomic mass is 10.2. The SMILES string of the molecule is CC=O.Cc1ccccc1.c1ccccc1. The van der Waals surface area contributed by atoms with Crippen molar-refractivity contribution in [3.8, 4) is 0 Å². The number of hydrogen-bond acceptors (Lipinski definition) is 1. The van der Waals surface area contributed by atoms with E-state index in [0.29, 0.717) is 0 Å². The summed E-state index contributed by atoms with van der Waals surface area (Å²) in [4.78, 5) is 8.81. The van der Waals surface area contributed by atoms with E-state index in [1.165, 1.54) is 12.5 Å². The van der Waals surface area contributed by atoms with Crippen molar-refractivity contribution in [1.29, 1.82) is 0 Å². The van der Waals surface area contributed by atoms with Gasteiger partial charge in [-0.2, -0.15) is 0 Å². The van der Waals surface area contributed by atoms with Crippen molar-refractivity contribution in [3.05, 3.63) is 72.3 Å². The summed E-state index contributed by atoms with van der Waals surface area (Å²) in [7, 11) is 0. The maximum Gasteiger partial charge on any atom is 0.116 e. The van der Waals surface area contributed by atoms with E-state index in [1.807, 2.05) is 54.6 Å². The molecule has 0 heterocycles. The maximum atomic E-state index is 8.81. The lowest BCUT2D eigenvalue weighted by Crippen LogP contribution is -1.62. The molecule has 0 amide bonds. The highest BCUT2D eigenvalue weighted by atomic mass is 16.1. The standard InChI is InChI=1S/C7H8.C6H6.C2H4O/c1-7-5-3-2-4-6-7;1-2-4-6-5-3-1;1-2-3/h2-6H,1H3;1-6H;2H,1H3. The fraction of sp³-hybridized carbons (Fsp3) is 0.133. The van der Waals surface area contributed by atoms with Gasteiger partial charge in [0.1, 0.15) is 6.29 Å². The highest BCUT2D eigenvalue weighted by Gasteiger charge is 1.72. The minimum atomic E-state index is 0.750. The van der Waals surface area contributed by atoms with Crippen LogP contribution in [0.15, 0.2) is 66.7 Å². The summed E-state index contributed by atoms with van der Waals surface area (Å²) in [6.07, 6.45) is 0.750. The van der Waals surface area contributed by atoms with Crippen LogP contribution in [-0.4, -0.2) is 6.29 Å². The Hall–Kier alpha value is -1.89. The van der Waals surface area contributed by atoms with Crippen molar-refractivity contribution >= 4 is 6.29 Å². The maximum absolute atomic E-state index is 8.81. The Labute approximate surface area is 97.8 Å². The fourth-order valence-electron chi connectivity index (χ4n) is 0.919. The van der Waals surface area contributed by atoms with Gasteiger partial charge in [0.25, 0.3) is 0 Å². The van der Waals surface area contributed by atoms with Crippen molar-refractivity contribution < 1.29 is 4.79 Å². The van der Waals surface area contributed by atoms with Gasteiger partial charge in [-0.15, -0.1) is 0 Å². The molecule has 0 saturated heterocycles. The zero-order valence-electron chi connectivity index (χ0n) is 9.84. The van der Waals surface area contributed by atoms with Crippen LogP contribution in [0.5, 0.6) is 0 Å². The van der Waals surface area contributed by atoms with Crippen LogP contribution in [0.3, 0.4) is 0 Å². The number of rotatable bonds is 0. The molecule has 0 saturated carbocycles. The second-order valence-corrected chi connectivity index (χ2v) is 3.05. The minimum absolute atomic E-state index is 0.750. The highest BCUT2D eigenvalue weighted by Crippen LogP contribution is 1.92. The van der Waals surface area contributed by atoms with Crippen LogP contribution in [0, 0.1) is 6.92 Å². The molecule has 0 unspecified atom stereocenters. The Kier molecular flexibility index (Phi) is 9.86. The Morgan fingerprint density at radius 3 is 1.19 bits per heavy atom. The zero-order chi connectivity index (χ0) is 12.1. The molecule has 0 aliphatic heterocycles. The fourth-order valence-corrected chi connectivity index (χ4v) is 0.919. The molecule has 16 heavy (non-hydrogen) atoms. The average Bonchev–Trinajstić information content (AvgIpc) is 2.34. The van der Waals surface area contributed by atoms with Crippen LogP contribution in [0.25, 0.3) is 0 Å². The second-order valence-electron chi connectivity index (χ2n) is 3.05. The second kappa shape index (κ2) is 11.2. The highest BCUT2D eigenvalue weighted by molar-refractivity contribution is 5.44. The quantitative estimate of drug-likeness (QED) is 0.608. The molecule has 0 aliphatic carbocycles. The molecule has 0 bridgehead atoms. The molecule has 0 aliphatic rings. The number of carbonyl (C=O) groups excluding carboxylic acids is 1. The Morgan fingerprint density at radius 2 is 1.00 bits per heavy atom. The summed E-state index contributed by atoms with van der Waals surface area (Å²) in [5, 5.41) is 0. The van der Waals surface area contributed by atoms with E-state index in [9.17, 15) is 0 Å². The van der Waals surface area contributed by atoms with Crippen LogP contribution in [0.1, 0.15) is 12.5 Å². The predicted octanol–water partition coefficient (Wildman–Crippen LogP) is 3.89. The van der Waals surface area contributed by atoms with Crippen molar-refractivity contribution in [2.75, 3.05) is 0 Å². The summed E-state index contributed by atoms with van der Waals surface area (Å²) in [6.45, 7) is 3.53. The van der Waals surface area contributed by atoms with E-state index in [4.69, 9.17) is 4.79 Å². The van der Waals surface area contributed by atoms with Crippen molar-refractivity contribution in [3.63, 3.8) is 0 Å². The summed E-state index contributed by atoms with van der Waals surface area (Å²) < 4.78 is 0. The van der Waals surface area contributed by atoms with Crippen molar-refractivity contribution in [1.82, 2.24) is 0 Å². The monoisotopic (exact) mass is 214 g/mol. The molecular formula is C15H18O. The molecular weight excluding hydrogens is 196 g/mol. The van der Waals surface area contributed by atoms with Gasteiger partial charge in [0.05, 0.1) is 0 Å².